The van der Waals surface area contributed by atoms with Gasteiger partial charge in [0.05, 0.1) is 0 Å². The minimum atomic E-state index is -0.202. The Kier molecular flexibility index (Phi) is 4.52. The zero-order valence-electron chi connectivity index (χ0n) is 13.4. The number of nitrogens with zero attached hydrogens (tertiary/aromatic N) is 1. The van der Waals surface area contributed by atoms with Crippen LogP contribution in [0.4, 0.5) is 5.69 Å². The molecule has 3 rings (SSSR count). The molecule has 122 valence electrons. The van der Waals surface area contributed by atoms with Crippen LogP contribution < -0.4 is 21.1 Å². The van der Waals surface area contributed by atoms with Crippen molar-refractivity contribution in [2.45, 2.75) is 18.9 Å². The van der Waals surface area contributed by atoms with E-state index in [-0.39, 0.29) is 5.91 Å². The van der Waals surface area contributed by atoms with E-state index in [0.29, 0.717) is 28.6 Å². The molecule has 3 atom stereocenters. The molecule has 1 amide bonds. The number of hydrogen-bond acceptors (Lipinski definition) is 3. The normalized spacial score (nSPS) is 24.3. The Balaban J connectivity index is 1.46. The standard InChI is InChI=1S/C17H22N4OS/c1-21(2)14-7-5-12(6-8-14)16(22)19-20-17(23)18-15-10-11-3-4-13(15)9-11/h3-8,11,13,15H,9-10H2,1-2H3,(H,19,22)(H2,18,20,23)/t11-,13-,15-/m1/s1. The van der Waals surface area contributed by atoms with Crippen LogP contribution in [0.5, 0.6) is 0 Å². The largest absolute Gasteiger partial charge is 0.378 e. The third-order valence-corrected chi connectivity index (χ3v) is 4.75. The molecule has 2 aliphatic carbocycles. The van der Waals surface area contributed by atoms with E-state index < -0.39 is 0 Å². The maximum Gasteiger partial charge on any atom is 0.269 e. The highest BCUT2D eigenvalue weighted by atomic mass is 32.1. The van der Waals surface area contributed by atoms with Gasteiger partial charge in [-0.05, 0) is 61.2 Å². The van der Waals surface area contributed by atoms with E-state index in [2.05, 4.69) is 28.3 Å². The van der Waals surface area contributed by atoms with Gasteiger partial charge in [0.25, 0.3) is 5.91 Å². The molecule has 0 unspecified atom stereocenters. The minimum absolute atomic E-state index is 0.202. The molecule has 6 heteroatoms. The fourth-order valence-corrected chi connectivity index (χ4v) is 3.45. The van der Waals surface area contributed by atoms with Crippen molar-refractivity contribution in [2.24, 2.45) is 11.8 Å². The second-order valence-electron chi connectivity index (χ2n) is 6.38. The third kappa shape index (κ3) is 3.64. The van der Waals surface area contributed by atoms with Crippen LogP contribution in [0.15, 0.2) is 36.4 Å². The first-order valence-electron chi connectivity index (χ1n) is 7.85. The van der Waals surface area contributed by atoms with Crippen molar-refractivity contribution >= 4 is 28.9 Å². The SMILES string of the molecule is CN(C)c1ccc(C(=O)NNC(=S)N[C@@H]2C[C@@H]3C=C[C@@H]2C3)cc1. The Labute approximate surface area is 142 Å². The second kappa shape index (κ2) is 6.58. The van der Waals surface area contributed by atoms with E-state index >= 15 is 0 Å². The maximum absolute atomic E-state index is 12.1. The van der Waals surface area contributed by atoms with Gasteiger partial charge in [-0.25, -0.2) is 0 Å². The molecular formula is C17H22N4OS. The Hall–Kier alpha value is -2.08. The fourth-order valence-electron chi connectivity index (χ4n) is 3.25. The van der Waals surface area contributed by atoms with Crippen LogP contribution >= 0.6 is 12.2 Å². The highest BCUT2D eigenvalue weighted by Crippen LogP contribution is 2.38. The number of allylic oxidation sites excluding steroid dienone is 1. The first-order chi connectivity index (χ1) is 11.0. The third-order valence-electron chi connectivity index (χ3n) is 4.53. The zero-order valence-corrected chi connectivity index (χ0v) is 14.2. The molecule has 23 heavy (non-hydrogen) atoms. The molecule has 0 heterocycles. The summed E-state index contributed by atoms with van der Waals surface area (Å²) >= 11 is 5.26. The van der Waals surface area contributed by atoms with Crippen molar-refractivity contribution in [3.05, 3.63) is 42.0 Å². The number of anilines is 1. The first kappa shape index (κ1) is 15.8. The van der Waals surface area contributed by atoms with E-state index in [4.69, 9.17) is 12.2 Å². The van der Waals surface area contributed by atoms with E-state index in [1.807, 2.05) is 31.1 Å². The van der Waals surface area contributed by atoms with Gasteiger partial charge in [-0.15, -0.1) is 0 Å². The monoisotopic (exact) mass is 330 g/mol. The van der Waals surface area contributed by atoms with Gasteiger partial charge in [-0.3, -0.25) is 15.6 Å². The van der Waals surface area contributed by atoms with Crippen molar-refractivity contribution in [3.8, 4) is 0 Å². The van der Waals surface area contributed by atoms with Crippen molar-refractivity contribution < 1.29 is 4.79 Å². The van der Waals surface area contributed by atoms with Gasteiger partial charge >= 0.3 is 0 Å². The Morgan fingerprint density at radius 2 is 1.87 bits per heavy atom. The summed E-state index contributed by atoms with van der Waals surface area (Å²) in [5, 5.41) is 3.76. The summed E-state index contributed by atoms with van der Waals surface area (Å²) in [5.74, 6) is 1.05. The predicted octanol–water partition coefficient (Wildman–Crippen LogP) is 1.83. The smallest absolute Gasteiger partial charge is 0.269 e. The number of fused-ring (bicyclic) bond motifs is 2. The summed E-state index contributed by atoms with van der Waals surface area (Å²) in [7, 11) is 3.93. The first-order valence-corrected chi connectivity index (χ1v) is 8.26. The molecule has 0 spiro atoms. The Bertz CT molecular complexity index is 626. The zero-order chi connectivity index (χ0) is 16.4. The van der Waals surface area contributed by atoms with Gasteiger partial charge in [-0.1, -0.05) is 12.2 Å². The van der Waals surface area contributed by atoms with Crippen molar-refractivity contribution in [1.29, 1.82) is 0 Å². The topological polar surface area (TPSA) is 56.4 Å². The molecular weight excluding hydrogens is 308 g/mol. The average Bonchev–Trinajstić information content (AvgIpc) is 3.15. The lowest BCUT2D eigenvalue weighted by molar-refractivity contribution is 0.0943. The van der Waals surface area contributed by atoms with E-state index in [1.165, 1.54) is 6.42 Å². The van der Waals surface area contributed by atoms with Crippen LogP contribution in [0.2, 0.25) is 0 Å². The van der Waals surface area contributed by atoms with Crippen LogP contribution in [-0.4, -0.2) is 31.2 Å². The Morgan fingerprint density at radius 1 is 1.13 bits per heavy atom. The number of nitrogens with one attached hydrogen (secondary N) is 3. The van der Waals surface area contributed by atoms with Crippen LogP contribution in [-0.2, 0) is 0 Å². The van der Waals surface area contributed by atoms with Crippen molar-refractivity contribution in [2.75, 3.05) is 19.0 Å². The second-order valence-corrected chi connectivity index (χ2v) is 6.79. The summed E-state index contributed by atoms with van der Waals surface area (Å²) in [6, 6.07) is 7.79. The predicted molar refractivity (Wildman–Crippen MR) is 96.2 cm³/mol. The minimum Gasteiger partial charge on any atom is -0.378 e. The maximum atomic E-state index is 12.1. The molecule has 2 bridgehead atoms. The number of hydrazine groups is 1. The summed E-state index contributed by atoms with van der Waals surface area (Å²) < 4.78 is 0. The molecule has 3 N–H and O–H groups in total. The van der Waals surface area contributed by atoms with Crippen molar-refractivity contribution in [3.63, 3.8) is 0 Å². The molecule has 1 saturated carbocycles. The highest BCUT2D eigenvalue weighted by molar-refractivity contribution is 7.80. The summed E-state index contributed by atoms with van der Waals surface area (Å²) in [6.07, 6.45) is 6.88. The molecule has 1 aromatic rings. The lowest BCUT2D eigenvalue weighted by atomic mass is 10.0. The molecule has 0 aromatic heterocycles. The van der Waals surface area contributed by atoms with Crippen molar-refractivity contribution in [1.82, 2.24) is 16.2 Å². The molecule has 2 aliphatic rings. The summed E-state index contributed by atoms with van der Waals surface area (Å²) in [4.78, 5) is 14.1. The lowest BCUT2D eigenvalue weighted by Gasteiger charge is -2.22. The van der Waals surface area contributed by atoms with E-state index in [9.17, 15) is 4.79 Å². The van der Waals surface area contributed by atoms with E-state index in [1.54, 1.807) is 12.1 Å². The number of hydrogen-bond donors (Lipinski definition) is 3. The molecule has 1 fully saturated rings. The van der Waals surface area contributed by atoms with Gasteiger partial charge in [0.2, 0.25) is 0 Å². The highest BCUT2D eigenvalue weighted by Gasteiger charge is 2.35. The molecule has 1 aromatic carbocycles. The summed E-state index contributed by atoms with van der Waals surface area (Å²) in [5.41, 5.74) is 7.08. The number of carbonyl (C=O) groups is 1. The average molecular weight is 330 g/mol. The van der Waals surface area contributed by atoms with Gasteiger partial charge in [-0.2, -0.15) is 0 Å². The van der Waals surface area contributed by atoms with Crippen LogP contribution in [0.1, 0.15) is 23.2 Å². The van der Waals surface area contributed by atoms with Crippen LogP contribution in [0, 0.1) is 11.8 Å². The van der Waals surface area contributed by atoms with Gasteiger partial charge in [0.15, 0.2) is 5.11 Å². The number of amides is 1. The van der Waals surface area contributed by atoms with Gasteiger partial charge in [0.1, 0.15) is 0 Å². The number of thiocarbonyl (C=S) groups is 1. The van der Waals surface area contributed by atoms with Crippen LogP contribution in [0.3, 0.4) is 0 Å². The quantitative estimate of drug-likeness (QED) is 0.448. The Morgan fingerprint density at radius 3 is 2.43 bits per heavy atom. The molecule has 0 aliphatic heterocycles. The number of carbonyl (C=O) groups excluding carboxylic acids is 1. The lowest BCUT2D eigenvalue weighted by Crippen LogP contribution is -2.50. The number of rotatable bonds is 3. The molecule has 5 nitrogen and oxygen atoms in total. The van der Waals surface area contributed by atoms with E-state index in [0.717, 1.165) is 12.1 Å². The molecule has 0 radical (unpaired) electrons. The van der Waals surface area contributed by atoms with Crippen LogP contribution in [0.25, 0.3) is 0 Å². The molecule has 0 saturated heterocycles. The fraction of sp³-hybridized carbons (Fsp3) is 0.412. The van der Waals surface area contributed by atoms with Gasteiger partial charge < -0.3 is 10.2 Å². The number of benzene rings is 1. The van der Waals surface area contributed by atoms with Gasteiger partial charge in [0, 0.05) is 31.4 Å². The summed E-state index contributed by atoms with van der Waals surface area (Å²) in [6.45, 7) is 0.